The summed E-state index contributed by atoms with van der Waals surface area (Å²) in [5.41, 5.74) is 5.47. The number of amides is 1. The number of ether oxygens (including phenoxy) is 3. The van der Waals surface area contributed by atoms with Gasteiger partial charge in [-0.3, -0.25) is 9.59 Å². The smallest absolute Gasteiger partial charge is 0.303 e. The third-order valence-corrected chi connectivity index (χ3v) is 6.06. The van der Waals surface area contributed by atoms with Crippen LogP contribution in [-0.4, -0.2) is 49.2 Å². The Kier molecular flexibility index (Phi) is 24.0. The van der Waals surface area contributed by atoms with Crippen LogP contribution in [0.25, 0.3) is 0 Å². The van der Waals surface area contributed by atoms with Gasteiger partial charge in [-0.05, 0) is 6.42 Å². The van der Waals surface area contributed by atoms with Crippen LogP contribution < -0.4 is 5.73 Å². The van der Waals surface area contributed by atoms with Gasteiger partial charge in [0.15, 0.2) is 12.2 Å². The molecule has 196 valence electrons. The minimum Gasteiger partial charge on any atom is -0.457 e. The molecule has 0 rings (SSSR count). The third-order valence-electron chi connectivity index (χ3n) is 5.73. The van der Waals surface area contributed by atoms with Crippen LogP contribution in [0.15, 0.2) is 0 Å². The van der Waals surface area contributed by atoms with Crippen molar-refractivity contribution in [1.29, 1.82) is 0 Å². The van der Waals surface area contributed by atoms with E-state index in [1.165, 1.54) is 96.8 Å². The van der Waals surface area contributed by atoms with Gasteiger partial charge < -0.3 is 19.9 Å². The molecule has 0 fully saturated rings. The molecule has 0 aliphatic rings. The lowest BCUT2D eigenvalue weighted by atomic mass is 10.0. The first-order valence-corrected chi connectivity index (χ1v) is 14.4. The van der Waals surface area contributed by atoms with Crippen molar-refractivity contribution in [1.82, 2.24) is 0 Å². The van der Waals surface area contributed by atoms with Gasteiger partial charge in [-0.25, -0.2) is 0 Å². The fourth-order valence-corrected chi connectivity index (χ4v) is 4.11. The zero-order valence-corrected chi connectivity index (χ0v) is 22.9. The van der Waals surface area contributed by atoms with Crippen molar-refractivity contribution in [3.63, 3.8) is 0 Å². The van der Waals surface area contributed by atoms with Crippen molar-refractivity contribution in [3.8, 4) is 0 Å². The highest BCUT2D eigenvalue weighted by Crippen LogP contribution is 2.14. The molecule has 0 aromatic heterocycles. The second-order valence-electron chi connectivity index (χ2n) is 8.91. The molecule has 0 saturated carbocycles. The summed E-state index contributed by atoms with van der Waals surface area (Å²) in [5, 5.41) is 0.654. The summed E-state index contributed by atoms with van der Waals surface area (Å²) in [7, 11) is 0. The molecule has 0 aliphatic heterocycles. The molecular weight excluding hydrogens is 486 g/mol. The van der Waals surface area contributed by atoms with Gasteiger partial charge in [0, 0.05) is 18.9 Å². The van der Waals surface area contributed by atoms with Gasteiger partial charge >= 0.3 is 5.97 Å². The second kappa shape index (κ2) is 24.5. The molecular formula is C26H50BrNO5. The Labute approximate surface area is 211 Å². The van der Waals surface area contributed by atoms with Gasteiger partial charge in [-0.15, -0.1) is 0 Å². The van der Waals surface area contributed by atoms with E-state index in [-0.39, 0.29) is 6.61 Å². The van der Waals surface area contributed by atoms with E-state index in [1.807, 2.05) is 0 Å². The number of hydrogen-bond donors (Lipinski definition) is 1. The number of alkyl halides is 1. The maximum absolute atomic E-state index is 11.8. The molecule has 0 aromatic rings. The molecule has 0 aromatic carbocycles. The largest absolute Gasteiger partial charge is 0.457 e. The number of carbonyl (C=O) groups is 2. The van der Waals surface area contributed by atoms with Crippen LogP contribution in [0.1, 0.15) is 117 Å². The van der Waals surface area contributed by atoms with Gasteiger partial charge in [-0.2, -0.15) is 0 Å². The Bertz CT molecular complexity index is 464. The minimum absolute atomic E-state index is 0.0811. The lowest BCUT2D eigenvalue weighted by Crippen LogP contribution is -2.46. The summed E-state index contributed by atoms with van der Waals surface area (Å²) in [6.45, 7) is 4.51. The highest BCUT2D eigenvalue weighted by Gasteiger charge is 2.30. The lowest BCUT2D eigenvalue weighted by molar-refractivity contribution is -0.165. The molecule has 0 heterocycles. The first-order chi connectivity index (χ1) is 16.0. The first kappa shape index (κ1) is 32.3. The molecule has 0 radical (unpaired) electrons. The fourth-order valence-electron chi connectivity index (χ4n) is 3.88. The quantitative estimate of drug-likeness (QED) is 0.0822. The Morgan fingerprint density at radius 1 is 0.758 bits per heavy atom. The van der Waals surface area contributed by atoms with Gasteiger partial charge in [0.25, 0.3) is 5.91 Å². The Morgan fingerprint density at radius 3 is 1.61 bits per heavy atom. The Morgan fingerprint density at radius 2 is 1.21 bits per heavy atom. The first-order valence-electron chi connectivity index (χ1n) is 13.2. The predicted octanol–water partition coefficient (Wildman–Crippen LogP) is 6.46. The lowest BCUT2D eigenvalue weighted by Gasteiger charge is -2.24. The number of nitrogens with two attached hydrogens (primary N) is 1. The van der Waals surface area contributed by atoms with E-state index >= 15 is 0 Å². The van der Waals surface area contributed by atoms with Crippen LogP contribution >= 0.6 is 15.9 Å². The van der Waals surface area contributed by atoms with E-state index in [9.17, 15) is 9.59 Å². The van der Waals surface area contributed by atoms with Crippen molar-refractivity contribution in [3.05, 3.63) is 0 Å². The summed E-state index contributed by atoms with van der Waals surface area (Å²) in [6, 6.07) is 0. The van der Waals surface area contributed by atoms with E-state index in [0.717, 1.165) is 12.8 Å². The van der Waals surface area contributed by atoms with Crippen LogP contribution in [0, 0.1) is 0 Å². The molecule has 6 nitrogen and oxygen atoms in total. The summed E-state index contributed by atoms with van der Waals surface area (Å²) >= 11 is 3.27. The van der Waals surface area contributed by atoms with Gasteiger partial charge in [0.1, 0.15) is 0 Å². The molecule has 0 saturated heterocycles. The summed E-state index contributed by atoms with van der Waals surface area (Å²) in [5.74, 6) is -1.13. The number of halogens is 1. The number of hydrogen-bond acceptors (Lipinski definition) is 5. The molecule has 7 heteroatoms. The van der Waals surface area contributed by atoms with E-state index in [4.69, 9.17) is 19.9 Å². The van der Waals surface area contributed by atoms with Crippen LogP contribution in [0.3, 0.4) is 0 Å². The second-order valence-corrected chi connectivity index (χ2v) is 9.70. The summed E-state index contributed by atoms with van der Waals surface area (Å²) in [6.07, 6.45) is 19.0. The summed E-state index contributed by atoms with van der Waals surface area (Å²) < 4.78 is 16.3. The van der Waals surface area contributed by atoms with E-state index in [2.05, 4.69) is 22.9 Å². The SMILES string of the molecule is CCCCCCCCCCCCCCCCCCOC(C(N)=O)C(COCCBr)OC(C)=O. The standard InChI is InChI=1S/C26H50BrNO5/c1-3-4-5-6-7-8-9-10-11-12-13-14-15-16-17-18-20-32-25(26(28)30)24(33-23(2)29)22-31-21-19-27/h24-25H,3-22H2,1-2H3,(H2,28,30). The number of unbranched alkanes of at least 4 members (excludes halogenated alkanes) is 15. The molecule has 2 unspecified atom stereocenters. The van der Waals surface area contributed by atoms with E-state index < -0.39 is 24.1 Å². The topological polar surface area (TPSA) is 87.8 Å². The molecule has 1 amide bonds. The summed E-state index contributed by atoms with van der Waals surface area (Å²) in [4.78, 5) is 23.2. The highest BCUT2D eigenvalue weighted by atomic mass is 79.9. The number of esters is 1. The third kappa shape index (κ3) is 21.6. The van der Waals surface area contributed by atoms with Crippen molar-refractivity contribution < 1.29 is 23.8 Å². The molecule has 33 heavy (non-hydrogen) atoms. The molecule has 0 bridgehead atoms. The van der Waals surface area contributed by atoms with Crippen LogP contribution in [0.2, 0.25) is 0 Å². The number of rotatable bonds is 25. The van der Waals surface area contributed by atoms with Crippen LogP contribution in [-0.2, 0) is 23.8 Å². The number of carbonyl (C=O) groups excluding carboxylic acids is 2. The number of primary amides is 1. The monoisotopic (exact) mass is 535 g/mol. The minimum atomic E-state index is -0.986. The molecule has 0 aliphatic carbocycles. The zero-order chi connectivity index (χ0) is 24.6. The fraction of sp³-hybridized carbons (Fsp3) is 0.923. The van der Waals surface area contributed by atoms with Crippen molar-refractivity contribution in [2.75, 3.05) is 25.2 Å². The Hall–Kier alpha value is -0.660. The maximum atomic E-state index is 11.8. The van der Waals surface area contributed by atoms with E-state index in [1.54, 1.807) is 0 Å². The maximum Gasteiger partial charge on any atom is 0.303 e. The van der Waals surface area contributed by atoms with E-state index in [0.29, 0.717) is 18.5 Å². The predicted molar refractivity (Wildman–Crippen MR) is 139 cm³/mol. The molecule has 0 spiro atoms. The van der Waals surface area contributed by atoms with Gasteiger partial charge in [-0.1, -0.05) is 119 Å². The highest BCUT2D eigenvalue weighted by molar-refractivity contribution is 9.09. The van der Waals surface area contributed by atoms with Crippen LogP contribution in [0.4, 0.5) is 0 Å². The molecule has 2 atom stereocenters. The molecule has 2 N–H and O–H groups in total. The zero-order valence-electron chi connectivity index (χ0n) is 21.3. The Balaban J connectivity index is 3.71. The average Bonchev–Trinajstić information content (AvgIpc) is 2.77. The van der Waals surface area contributed by atoms with Gasteiger partial charge in [0.2, 0.25) is 0 Å². The van der Waals surface area contributed by atoms with Crippen molar-refractivity contribution >= 4 is 27.8 Å². The average molecular weight is 537 g/mol. The normalized spacial score (nSPS) is 13.1. The van der Waals surface area contributed by atoms with Crippen molar-refractivity contribution in [2.45, 2.75) is 129 Å². The van der Waals surface area contributed by atoms with Crippen molar-refractivity contribution in [2.24, 2.45) is 5.73 Å². The van der Waals surface area contributed by atoms with Gasteiger partial charge in [0.05, 0.1) is 13.2 Å². The van der Waals surface area contributed by atoms with Crippen LogP contribution in [0.5, 0.6) is 0 Å².